The van der Waals surface area contributed by atoms with Crippen LogP contribution in [0, 0.1) is 11.8 Å². The second-order valence-corrected chi connectivity index (χ2v) is 9.46. The molecule has 3 aliphatic heterocycles. The van der Waals surface area contributed by atoms with E-state index in [2.05, 4.69) is 6.58 Å². The molecule has 1 aliphatic carbocycles. The van der Waals surface area contributed by atoms with Crippen molar-refractivity contribution in [3.8, 4) is 0 Å². The molecule has 1 saturated carbocycles. The Balaban J connectivity index is 1.76. The highest BCUT2D eigenvalue weighted by atomic mass is 16.5. The SMILES string of the molecule is C=CCN(C(=O)[C@H]1N([C@@H](CC)CO)C(=O)[C@@H]2[C@@H](C(=O)O)[C@H]3CC[C@]21O3)C1CCCCC1. The van der Waals surface area contributed by atoms with E-state index in [1.54, 1.807) is 6.08 Å². The van der Waals surface area contributed by atoms with Gasteiger partial charge in [-0.25, -0.2) is 0 Å². The normalized spacial score (nSPS) is 35.8. The molecule has 0 aromatic heterocycles. The summed E-state index contributed by atoms with van der Waals surface area (Å²) in [7, 11) is 0. The zero-order valence-corrected chi connectivity index (χ0v) is 18.2. The number of carbonyl (C=O) groups excluding carboxylic acids is 2. The van der Waals surface area contributed by atoms with Crippen molar-refractivity contribution in [1.29, 1.82) is 0 Å². The number of aliphatic carboxylic acids is 1. The third-order valence-electron chi connectivity index (χ3n) is 7.96. The molecule has 0 aromatic carbocycles. The quantitative estimate of drug-likeness (QED) is 0.562. The van der Waals surface area contributed by atoms with E-state index in [1.165, 1.54) is 4.90 Å². The number of aliphatic hydroxyl groups excluding tert-OH is 1. The van der Waals surface area contributed by atoms with Crippen molar-refractivity contribution in [2.45, 2.75) is 88.1 Å². The van der Waals surface area contributed by atoms with Crippen molar-refractivity contribution >= 4 is 17.8 Å². The van der Waals surface area contributed by atoms with Gasteiger partial charge in [0.25, 0.3) is 0 Å². The zero-order chi connectivity index (χ0) is 22.3. The first-order chi connectivity index (χ1) is 14.9. The molecule has 8 heteroatoms. The summed E-state index contributed by atoms with van der Waals surface area (Å²) >= 11 is 0. The van der Waals surface area contributed by atoms with Crippen molar-refractivity contribution in [3.05, 3.63) is 12.7 Å². The van der Waals surface area contributed by atoms with Crippen LogP contribution in [0.15, 0.2) is 12.7 Å². The van der Waals surface area contributed by atoms with Gasteiger partial charge in [-0.3, -0.25) is 14.4 Å². The van der Waals surface area contributed by atoms with Gasteiger partial charge < -0.3 is 24.7 Å². The van der Waals surface area contributed by atoms with E-state index in [-0.39, 0.29) is 24.5 Å². The lowest BCUT2D eigenvalue weighted by atomic mass is 9.70. The van der Waals surface area contributed by atoms with Gasteiger partial charge in [0.05, 0.1) is 30.6 Å². The number of rotatable bonds is 8. The van der Waals surface area contributed by atoms with Gasteiger partial charge >= 0.3 is 5.97 Å². The van der Waals surface area contributed by atoms with Crippen molar-refractivity contribution in [3.63, 3.8) is 0 Å². The summed E-state index contributed by atoms with van der Waals surface area (Å²) in [6, 6.07) is -1.37. The Kier molecular flexibility index (Phi) is 6.14. The molecular formula is C23H34N2O6. The molecule has 6 atom stereocenters. The molecule has 4 fully saturated rings. The number of carboxylic acids is 1. The van der Waals surface area contributed by atoms with Crippen LogP contribution in [-0.4, -0.2) is 80.8 Å². The summed E-state index contributed by atoms with van der Waals surface area (Å²) in [5.41, 5.74) is -1.13. The smallest absolute Gasteiger partial charge is 0.310 e. The molecule has 4 aliphatic rings. The molecule has 0 radical (unpaired) electrons. The van der Waals surface area contributed by atoms with E-state index < -0.39 is 41.6 Å². The van der Waals surface area contributed by atoms with Gasteiger partial charge in [0.15, 0.2) is 0 Å². The number of aliphatic hydroxyl groups is 1. The number of fused-ring (bicyclic) bond motifs is 1. The fraction of sp³-hybridized carbons (Fsp3) is 0.783. The predicted octanol–water partition coefficient (Wildman–Crippen LogP) is 1.56. The van der Waals surface area contributed by atoms with E-state index in [4.69, 9.17) is 4.74 Å². The summed E-state index contributed by atoms with van der Waals surface area (Å²) in [5.74, 6) is -3.43. The van der Waals surface area contributed by atoms with Crippen LogP contribution in [0.2, 0.25) is 0 Å². The van der Waals surface area contributed by atoms with Crippen LogP contribution in [0.1, 0.15) is 58.3 Å². The molecule has 8 nitrogen and oxygen atoms in total. The standard InChI is InChI=1S/C23H34N2O6/c1-3-12-24(15-8-6-5-7-9-15)21(28)19-23-11-10-16(31-23)17(22(29)30)18(23)20(27)25(19)14(4-2)13-26/h3,14-19,26H,1,4-13H2,2H3,(H,29,30)/t14-,16+,17-,18-,19+,23-/m0/s1. The lowest BCUT2D eigenvalue weighted by molar-refractivity contribution is -0.154. The molecule has 3 saturated heterocycles. The number of hydrogen-bond acceptors (Lipinski definition) is 5. The average Bonchev–Trinajstić information content (AvgIpc) is 3.41. The number of hydrogen-bond donors (Lipinski definition) is 2. The van der Waals surface area contributed by atoms with Crippen molar-refractivity contribution < 1.29 is 29.3 Å². The second-order valence-electron chi connectivity index (χ2n) is 9.46. The van der Waals surface area contributed by atoms with E-state index in [0.29, 0.717) is 25.8 Å². The highest BCUT2D eigenvalue weighted by Gasteiger charge is 2.75. The molecule has 0 unspecified atom stereocenters. The summed E-state index contributed by atoms with van der Waals surface area (Å²) in [5, 5.41) is 19.9. The molecule has 2 N–H and O–H groups in total. The zero-order valence-electron chi connectivity index (χ0n) is 18.2. The Morgan fingerprint density at radius 3 is 2.61 bits per heavy atom. The van der Waals surface area contributed by atoms with Gasteiger partial charge in [0.2, 0.25) is 11.8 Å². The first kappa shape index (κ1) is 22.3. The Morgan fingerprint density at radius 1 is 1.32 bits per heavy atom. The first-order valence-corrected chi connectivity index (χ1v) is 11.7. The van der Waals surface area contributed by atoms with E-state index in [9.17, 15) is 24.6 Å². The van der Waals surface area contributed by atoms with Crippen LogP contribution in [0.5, 0.6) is 0 Å². The van der Waals surface area contributed by atoms with Gasteiger partial charge in [-0.15, -0.1) is 6.58 Å². The monoisotopic (exact) mass is 434 g/mol. The van der Waals surface area contributed by atoms with Crippen molar-refractivity contribution in [1.82, 2.24) is 9.80 Å². The Labute approximate surface area is 183 Å². The largest absolute Gasteiger partial charge is 0.481 e. The maximum atomic E-state index is 14.1. The molecule has 2 amide bonds. The second kappa shape index (κ2) is 8.54. The van der Waals surface area contributed by atoms with Gasteiger partial charge in [-0.1, -0.05) is 32.3 Å². The van der Waals surface area contributed by atoms with E-state index in [0.717, 1.165) is 32.1 Å². The number of likely N-dealkylation sites (tertiary alicyclic amines) is 1. The predicted molar refractivity (Wildman–Crippen MR) is 112 cm³/mol. The van der Waals surface area contributed by atoms with Crippen LogP contribution in [0.3, 0.4) is 0 Å². The minimum atomic E-state index is -1.13. The van der Waals surface area contributed by atoms with Crippen LogP contribution < -0.4 is 0 Å². The average molecular weight is 435 g/mol. The van der Waals surface area contributed by atoms with Crippen LogP contribution in [-0.2, 0) is 19.1 Å². The summed E-state index contributed by atoms with van der Waals surface area (Å²) in [6.45, 7) is 5.79. The minimum Gasteiger partial charge on any atom is -0.481 e. The molecule has 3 heterocycles. The third kappa shape index (κ3) is 3.30. The molecule has 31 heavy (non-hydrogen) atoms. The van der Waals surface area contributed by atoms with Gasteiger partial charge in [-0.2, -0.15) is 0 Å². The maximum Gasteiger partial charge on any atom is 0.310 e. The Hall–Kier alpha value is -1.93. The molecule has 2 bridgehead atoms. The lowest BCUT2D eigenvalue weighted by Gasteiger charge is -2.42. The van der Waals surface area contributed by atoms with Gasteiger partial charge in [-0.05, 0) is 32.1 Å². The lowest BCUT2D eigenvalue weighted by Crippen LogP contribution is -2.60. The summed E-state index contributed by atoms with van der Waals surface area (Å²) < 4.78 is 6.25. The Morgan fingerprint density at radius 2 is 2.03 bits per heavy atom. The highest BCUT2D eigenvalue weighted by molar-refractivity contribution is 5.98. The minimum absolute atomic E-state index is 0.0785. The molecule has 4 rings (SSSR count). The fourth-order valence-corrected chi connectivity index (χ4v) is 6.57. The molecular weight excluding hydrogens is 400 g/mol. The highest BCUT2D eigenvalue weighted by Crippen LogP contribution is 2.59. The number of ether oxygens (including phenoxy) is 1. The molecule has 172 valence electrons. The summed E-state index contributed by atoms with van der Waals surface area (Å²) in [6.07, 6.45) is 7.74. The van der Waals surface area contributed by atoms with E-state index in [1.807, 2.05) is 11.8 Å². The van der Waals surface area contributed by atoms with Crippen LogP contribution in [0.25, 0.3) is 0 Å². The first-order valence-electron chi connectivity index (χ1n) is 11.7. The fourth-order valence-electron chi connectivity index (χ4n) is 6.57. The van der Waals surface area contributed by atoms with Crippen molar-refractivity contribution in [2.75, 3.05) is 13.2 Å². The topological polar surface area (TPSA) is 107 Å². The molecule has 1 spiro atoms. The number of carbonyl (C=O) groups is 3. The van der Waals surface area contributed by atoms with Gasteiger partial charge in [0, 0.05) is 12.6 Å². The van der Waals surface area contributed by atoms with Crippen LogP contribution in [0.4, 0.5) is 0 Å². The third-order valence-corrected chi connectivity index (χ3v) is 7.96. The van der Waals surface area contributed by atoms with Gasteiger partial charge in [0.1, 0.15) is 11.6 Å². The number of nitrogens with zero attached hydrogens (tertiary/aromatic N) is 2. The van der Waals surface area contributed by atoms with E-state index >= 15 is 0 Å². The number of carboxylic acid groups (broad SMARTS) is 1. The maximum absolute atomic E-state index is 14.1. The van der Waals surface area contributed by atoms with Crippen LogP contribution >= 0.6 is 0 Å². The summed E-state index contributed by atoms with van der Waals surface area (Å²) in [4.78, 5) is 43.0. The Bertz CT molecular complexity index is 746. The van der Waals surface area contributed by atoms with Crippen molar-refractivity contribution in [2.24, 2.45) is 11.8 Å². The number of amides is 2. The molecule has 0 aromatic rings.